The Morgan fingerprint density at radius 2 is 2.45 bits per heavy atom. The van der Waals surface area contributed by atoms with Gasteiger partial charge >= 0.3 is 0 Å². The molecule has 1 heterocycles. The zero-order chi connectivity index (χ0) is 14.4. The molecule has 1 aromatic rings. The van der Waals surface area contributed by atoms with Gasteiger partial charge in [0, 0.05) is 26.2 Å². The van der Waals surface area contributed by atoms with Gasteiger partial charge in [0.2, 0.25) is 5.91 Å². The smallest absolute Gasteiger partial charge is 0.244 e. The molecule has 1 aromatic carbocycles. The SMILES string of the molecule is COCC(O)CNC(=O)C=Cc1ccc2c(c1)CCO2. The average Bonchev–Trinajstić information content (AvgIpc) is 2.90. The molecule has 1 amide bonds. The van der Waals surface area contributed by atoms with Crippen LogP contribution in [0.25, 0.3) is 6.08 Å². The molecule has 5 nitrogen and oxygen atoms in total. The van der Waals surface area contributed by atoms with E-state index in [-0.39, 0.29) is 19.1 Å². The molecular weight excluding hydrogens is 258 g/mol. The molecule has 108 valence electrons. The number of amides is 1. The van der Waals surface area contributed by atoms with Crippen molar-refractivity contribution in [2.75, 3.05) is 26.9 Å². The molecule has 1 unspecified atom stereocenters. The molecule has 0 radical (unpaired) electrons. The lowest BCUT2D eigenvalue weighted by Gasteiger charge is -2.09. The molecule has 1 aliphatic heterocycles. The summed E-state index contributed by atoms with van der Waals surface area (Å²) >= 11 is 0. The third kappa shape index (κ3) is 4.08. The predicted molar refractivity (Wildman–Crippen MR) is 75.6 cm³/mol. The maximum Gasteiger partial charge on any atom is 0.244 e. The standard InChI is InChI=1S/C15H19NO4/c1-19-10-13(17)9-16-15(18)5-3-11-2-4-14-12(8-11)6-7-20-14/h2-5,8,13,17H,6-7,9-10H2,1H3,(H,16,18). The van der Waals surface area contributed by atoms with Gasteiger partial charge in [-0.2, -0.15) is 0 Å². The minimum atomic E-state index is -0.686. The molecule has 1 aliphatic rings. The largest absolute Gasteiger partial charge is 0.493 e. The van der Waals surface area contributed by atoms with Crippen LogP contribution in [0.15, 0.2) is 24.3 Å². The summed E-state index contributed by atoms with van der Waals surface area (Å²) in [6.07, 6.45) is 3.43. The van der Waals surface area contributed by atoms with Gasteiger partial charge in [-0.05, 0) is 29.3 Å². The quantitative estimate of drug-likeness (QED) is 0.753. The summed E-state index contributed by atoms with van der Waals surface area (Å²) in [5.41, 5.74) is 2.13. The van der Waals surface area contributed by atoms with Crippen molar-refractivity contribution in [2.45, 2.75) is 12.5 Å². The normalized spacial score (nSPS) is 14.9. The summed E-state index contributed by atoms with van der Waals surface area (Å²) < 4.78 is 10.2. The summed E-state index contributed by atoms with van der Waals surface area (Å²) in [5.74, 6) is 0.686. The fourth-order valence-corrected chi connectivity index (χ4v) is 2.01. The fourth-order valence-electron chi connectivity index (χ4n) is 2.01. The number of hydrogen-bond acceptors (Lipinski definition) is 4. The highest BCUT2D eigenvalue weighted by Gasteiger charge is 2.11. The second-order valence-electron chi connectivity index (χ2n) is 4.65. The Labute approximate surface area is 118 Å². The number of methoxy groups -OCH3 is 1. The highest BCUT2D eigenvalue weighted by molar-refractivity contribution is 5.91. The maximum atomic E-state index is 11.6. The van der Waals surface area contributed by atoms with Crippen molar-refractivity contribution in [1.29, 1.82) is 0 Å². The molecule has 0 fully saturated rings. The number of rotatable bonds is 6. The van der Waals surface area contributed by atoms with Gasteiger partial charge in [0.25, 0.3) is 0 Å². The first kappa shape index (κ1) is 14.6. The number of ether oxygens (including phenoxy) is 2. The second-order valence-corrected chi connectivity index (χ2v) is 4.65. The number of aliphatic hydroxyl groups is 1. The predicted octanol–water partition coefficient (Wildman–Crippen LogP) is 0.758. The summed E-state index contributed by atoms with van der Waals surface area (Å²) in [4.78, 5) is 11.6. The molecule has 20 heavy (non-hydrogen) atoms. The summed E-state index contributed by atoms with van der Waals surface area (Å²) in [6, 6.07) is 5.85. The third-order valence-electron chi connectivity index (χ3n) is 3.01. The van der Waals surface area contributed by atoms with E-state index >= 15 is 0 Å². The second kappa shape index (κ2) is 7.07. The first-order chi connectivity index (χ1) is 9.69. The first-order valence-corrected chi connectivity index (χ1v) is 6.57. The lowest BCUT2D eigenvalue weighted by Crippen LogP contribution is -2.33. The number of benzene rings is 1. The number of carbonyl (C=O) groups is 1. The summed E-state index contributed by atoms with van der Waals surface area (Å²) in [6.45, 7) is 1.10. The molecule has 1 atom stereocenters. The Balaban J connectivity index is 1.84. The van der Waals surface area contributed by atoms with E-state index in [4.69, 9.17) is 9.47 Å². The summed E-state index contributed by atoms with van der Waals surface area (Å²) in [7, 11) is 1.50. The van der Waals surface area contributed by atoms with Gasteiger partial charge in [-0.25, -0.2) is 0 Å². The monoisotopic (exact) mass is 277 g/mol. The van der Waals surface area contributed by atoms with Gasteiger partial charge < -0.3 is 19.9 Å². The van der Waals surface area contributed by atoms with Crippen molar-refractivity contribution in [3.05, 3.63) is 35.4 Å². The molecule has 0 saturated carbocycles. The molecule has 0 bridgehead atoms. The van der Waals surface area contributed by atoms with E-state index < -0.39 is 6.10 Å². The van der Waals surface area contributed by atoms with Crippen LogP contribution in [0.5, 0.6) is 5.75 Å². The van der Waals surface area contributed by atoms with Crippen LogP contribution in [0.2, 0.25) is 0 Å². The van der Waals surface area contributed by atoms with Crippen molar-refractivity contribution in [2.24, 2.45) is 0 Å². The van der Waals surface area contributed by atoms with Gasteiger partial charge in [-0.1, -0.05) is 6.07 Å². The molecule has 0 saturated heterocycles. The molecule has 0 aliphatic carbocycles. The van der Waals surface area contributed by atoms with E-state index in [1.54, 1.807) is 6.08 Å². The van der Waals surface area contributed by atoms with E-state index in [2.05, 4.69) is 5.32 Å². The first-order valence-electron chi connectivity index (χ1n) is 6.57. The van der Waals surface area contributed by atoms with Gasteiger partial charge in [-0.3, -0.25) is 4.79 Å². The highest BCUT2D eigenvalue weighted by Crippen LogP contribution is 2.26. The molecule has 0 spiro atoms. The minimum absolute atomic E-state index is 0.176. The van der Waals surface area contributed by atoms with Crippen LogP contribution in [-0.4, -0.2) is 44.0 Å². The summed E-state index contributed by atoms with van der Waals surface area (Å²) in [5, 5.41) is 12.0. The van der Waals surface area contributed by atoms with Crippen LogP contribution in [0.1, 0.15) is 11.1 Å². The van der Waals surface area contributed by atoms with E-state index in [1.165, 1.54) is 18.7 Å². The van der Waals surface area contributed by atoms with Crippen LogP contribution >= 0.6 is 0 Å². The lowest BCUT2D eigenvalue weighted by molar-refractivity contribution is -0.117. The number of carbonyl (C=O) groups excluding carboxylic acids is 1. The Kier molecular flexibility index (Phi) is 5.15. The van der Waals surface area contributed by atoms with Crippen LogP contribution in [0, 0.1) is 0 Å². The van der Waals surface area contributed by atoms with E-state index in [0.29, 0.717) is 0 Å². The van der Waals surface area contributed by atoms with E-state index in [1.807, 2.05) is 18.2 Å². The zero-order valence-corrected chi connectivity index (χ0v) is 11.5. The average molecular weight is 277 g/mol. The molecule has 0 aromatic heterocycles. The van der Waals surface area contributed by atoms with Gasteiger partial charge in [0.1, 0.15) is 5.75 Å². The van der Waals surface area contributed by atoms with Crippen LogP contribution in [0.3, 0.4) is 0 Å². The minimum Gasteiger partial charge on any atom is -0.493 e. The Hall–Kier alpha value is -1.85. The number of fused-ring (bicyclic) bond motifs is 1. The number of aliphatic hydroxyl groups excluding tert-OH is 1. The van der Waals surface area contributed by atoms with E-state index in [0.717, 1.165) is 24.3 Å². The Morgan fingerprint density at radius 1 is 1.60 bits per heavy atom. The fraction of sp³-hybridized carbons (Fsp3) is 0.400. The van der Waals surface area contributed by atoms with Crippen molar-refractivity contribution < 1.29 is 19.4 Å². The van der Waals surface area contributed by atoms with Crippen molar-refractivity contribution >= 4 is 12.0 Å². The van der Waals surface area contributed by atoms with Gasteiger partial charge in [0.15, 0.2) is 0 Å². The molecular formula is C15H19NO4. The lowest BCUT2D eigenvalue weighted by atomic mass is 10.1. The van der Waals surface area contributed by atoms with Crippen molar-refractivity contribution in [3.63, 3.8) is 0 Å². The molecule has 5 heteroatoms. The van der Waals surface area contributed by atoms with Crippen LogP contribution in [0.4, 0.5) is 0 Å². The topological polar surface area (TPSA) is 67.8 Å². The van der Waals surface area contributed by atoms with Gasteiger partial charge in [-0.15, -0.1) is 0 Å². The maximum absolute atomic E-state index is 11.6. The van der Waals surface area contributed by atoms with Gasteiger partial charge in [0.05, 0.1) is 19.3 Å². The number of nitrogens with one attached hydrogen (secondary N) is 1. The van der Waals surface area contributed by atoms with Crippen LogP contribution < -0.4 is 10.1 Å². The van der Waals surface area contributed by atoms with E-state index in [9.17, 15) is 9.90 Å². The zero-order valence-electron chi connectivity index (χ0n) is 11.5. The van der Waals surface area contributed by atoms with Crippen molar-refractivity contribution in [3.8, 4) is 5.75 Å². The number of hydrogen-bond donors (Lipinski definition) is 2. The molecule has 2 N–H and O–H groups in total. The Bertz CT molecular complexity index is 499. The molecule has 2 rings (SSSR count). The Morgan fingerprint density at radius 3 is 3.25 bits per heavy atom. The highest BCUT2D eigenvalue weighted by atomic mass is 16.5. The third-order valence-corrected chi connectivity index (χ3v) is 3.01. The van der Waals surface area contributed by atoms with Crippen LogP contribution in [-0.2, 0) is 16.0 Å². The van der Waals surface area contributed by atoms with Crippen molar-refractivity contribution in [1.82, 2.24) is 5.32 Å².